The maximum atomic E-state index is 13.9. The number of aromatic nitrogens is 3. The molecule has 0 saturated carbocycles. The summed E-state index contributed by atoms with van der Waals surface area (Å²) in [6, 6.07) is 5.03. The molecule has 2 N–H and O–H groups in total. The van der Waals surface area contributed by atoms with Crippen LogP contribution in [0.4, 0.5) is 16.0 Å². The van der Waals surface area contributed by atoms with Crippen molar-refractivity contribution >= 4 is 27.4 Å². The normalized spacial score (nSPS) is 23.7. The molecule has 2 aromatic rings. The van der Waals surface area contributed by atoms with Crippen LogP contribution in [0.2, 0.25) is 0 Å². The van der Waals surface area contributed by atoms with Crippen molar-refractivity contribution in [3.8, 4) is 0 Å². The lowest BCUT2D eigenvalue weighted by molar-refractivity contribution is 0.342. The largest absolute Gasteiger partial charge is 0.363 e. The van der Waals surface area contributed by atoms with Gasteiger partial charge in [0.15, 0.2) is 11.3 Å². The van der Waals surface area contributed by atoms with Crippen LogP contribution in [-0.2, 0) is 10.0 Å². The molecule has 0 bridgehead atoms. The minimum absolute atomic E-state index is 0.108. The summed E-state index contributed by atoms with van der Waals surface area (Å²) < 4.78 is 41.9. The average Bonchev–Trinajstić information content (AvgIpc) is 3.17. The Morgan fingerprint density at radius 3 is 2.90 bits per heavy atom. The lowest BCUT2D eigenvalue weighted by Gasteiger charge is -2.27. The zero-order valence-corrected chi connectivity index (χ0v) is 18.1. The lowest BCUT2D eigenvalue weighted by Crippen LogP contribution is -2.39. The second kappa shape index (κ2) is 8.75. The van der Waals surface area contributed by atoms with Gasteiger partial charge in [-0.05, 0) is 25.0 Å². The smallest absolute Gasteiger partial charge is 0.236 e. The van der Waals surface area contributed by atoms with Crippen LogP contribution >= 0.6 is 0 Å². The van der Waals surface area contributed by atoms with E-state index in [-0.39, 0.29) is 11.8 Å². The average molecular weight is 448 g/mol. The van der Waals surface area contributed by atoms with Crippen molar-refractivity contribution in [2.75, 3.05) is 42.1 Å². The molecule has 4 heterocycles. The Balaban J connectivity index is 1.66. The van der Waals surface area contributed by atoms with E-state index in [1.807, 2.05) is 6.07 Å². The Kier molecular flexibility index (Phi) is 6.05. The molecule has 0 aliphatic carbocycles. The van der Waals surface area contributed by atoms with Crippen LogP contribution in [-0.4, -0.2) is 67.6 Å². The number of nitrogens with zero attached hydrogens (tertiary/aromatic N) is 5. The number of pyridine rings is 1. The number of hydrogen-bond donors (Lipinski definition) is 2. The lowest BCUT2D eigenvalue weighted by atomic mass is 10.2. The molecule has 11 heteroatoms. The van der Waals surface area contributed by atoms with Gasteiger partial charge in [-0.3, -0.25) is 13.9 Å². The van der Waals surface area contributed by atoms with Crippen LogP contribution < -0.4 is 20.4 Å². The maximum Gasteiger partial charge on any atom is 0.236 e. The van der Waals surface area contributed by atoms with Gasteiger partial charge in [-0.25, -0.2) is 22.8 Å². The zero-order valence-electron chi connectivity index (χ0n) is 17.3. The summed E-state index contributed by atoms with van der Waals surface area (Å²) >= 11 is 0. The van der Waals surface area contributed by atoms with Crippen molar-refractivity contribution in [3.05, 3.63) is 48.4 Å². The molecule has 2 fully saturated rings. The Hall–Kier alpha value is -2.79. The van der Waals surface area contributed by atoms with Crippen LogP contribution in [0.15, 0.2) is 42.2 Å². The molecule has 0 unspecified atom stereocenters. The van der Waals surface area contributed by atoms with Gasteiger partial charge in [0.1, 0.15) is 12.0 Å². The summed E-state index contributed by atoms with van der Waals surface area (Å²) in [7, 11) is -1.78. The van der Waals surface area contributed by atoms with Crippen LogP contribution in [0.25, 0.3) is 5.70 Å². The van der Waals surface area contributed by atoms with E-state index in [9.17, 15) is 12.8 Å². The molecule has 0 radical (unpaired) electrons. The molecule has 0 aromatic carbocycles. The number of halogens is 1. The molecule has 2 saturated heterocycles. The molecule has 31 heavy (non-hydrogen) atoms. The van der Waals surface area contributed by atoms with E-state index in [4.69, 9.17) is 0 Å². The predicted molar refractivity (Wildman–Crippen MR) is 118 cm³/mol. The highest BCUT2D eigenvalue weighted by molar-refractivity contribution is 7.92. The van der Waals surface area contributed by atoms with Gasteiger partial charge >= 0.3 is 0 Å². The third-order valence-electron chi connectivity index (χ3n) is 5.45. The summed E-state index contributed by atoms with van der Waals surface area (Å²) in [6.07, 6.45) is 3.58. The summed E-state index contributed by atoms with van der Waals surface area (Å²) in [5.41, 5.74) is 1.57. The highest BCUT2D eigenvalue weighted by Gasteiger charge is 2.28. The third kappa shape index (κ3) is 4.47. The molecular formula is C20H26FN7O2S. The molecule has 166 valence electrons. The molecule has 0 spiro atoms. The first-order valence-corrected chi connectivity index (χ1v) is 11.8. The van der Waals surface area contributed by atoms with Gasteiger partial charge in [0.2, 0.25) is 10.0 Å². The van der Waals surface area contributed by atoms with Crippen LogP contribution in [0.3, 0.4) is 0 Å². The molecule has 2 atom stereocenters. The van der Waals surface area contributed by atoms with Gasteiger partial charge < -0.3 is 10.6 Å². The zero-order chi connectivity index (χ0) is 22.0. The molecule has 2 aliphatic heterocycles. The van der Waals surface area contributed by atoms with Crippen molar-refractivity contribution in [2.24, 2.45) is 4.99 Å². The summed E-state index contributed by atoms with van der Waals surface area (Å²) in [5, 5.41) is 6.12. The Bertz CT molecular complexity index is 1150. The van der Waals surface area contributed by atoms with Gasteiger partial charge in [-0.1, -0.05) is 12.6 Å². The number of anilines is 2. The number of alkyl halides is 1. The van der Waals surface area contributed by atoms with E-state index >= 15 is 0 Å². The first-order chi connectivity index (χ1) is 14.9. The Morgan fingerprint density at radius 2 is 2.19 bits per heavy atom. The van der Waals surface area contributed by atoms with Gasteiger partial charge in [0.05, 0.1) is 35.6 Å². The topological polar surface area (TPSA) is 105 Å². The number of sulfonamides is 1. The van der Waals surface area contributed by atoms with E-state index in [0.29, 0.717) is 54.6 Å². The minimum Gasteiger partial charge on any atom is -0.363 e. The third-order valence-corrected chi connectivity index (χ3v) is 7.29. The molecular weight excluding hydrogens is 421 g/mol. The van der Waals surface area contributed by atoms with Crippen molar-refractivity contribution < 1.29 is 12.8 Å². The van der Waals surface area contributed by atoms with Gasteiger partial charge in [0.25, 0.3) is 0 Å². The van der Waals surface area contributed by atoms with E-state index < -0.39 is 16.2 Å². The monoisotopic (exact) mass is 447 g/mol. The fourth-order valence-electron chi connectivity index (χ4n) is 3.74. The van der Waals surface area contributed by atoms with Crippen molar-refractivity contribution in [1.82, 2.24) is 19.9 Å². The highest BCUT2D eigenvalue weighted by Crippen LogP contribution is 2.22. The molecule has 9 nitrogen and oxygen atoms in total. The van der Waals surface area contributed by atoms with E-state index in [2.05, 4.69) is 32.2 Å². The summed E-state index contributed by atoms with van der Waals surface area (Å²) in [5.74, 6) is 0.967. The van der Waals surface area contributed by atoms with E-state index in [0.717, 1.165) is 6.42 Å². The molecule has 2 aromatic heterocycles. The van der Waals surface area contributed by atoms with Crippen LogP contribution in [0.1, 0.15) is 18.5 Å². The summed E-state index contributed by atoms with van der Waals surface area (Å²) in [6.45, 7) is 5.38. The van der Waals surface area contributed by atoms with Crippen molar-refractivity contribution in [2.45, 2.75) is 25.1 Å². The van der Waals surface area contributed by atoms with E-state index in [1.54, 1.807) is 29.9 Å². The molecule has 4 rings (SSSR count). The second-order valence-electron chi connectivity index (χ2n) is 7.57. The van der Waals surface area contributed by atoms with Gasteiger partial charge in [0, 0.05) is 26.7 Å². The number of hydrogen-bond acceptors (Lipinski definition) is 7. The first-order valence-electron chi connectivity index (χ1n) is 10.2. The quantitative estimate of drug-likeness (QED) is 0.708. The van der Waals surface area contributed by atoms with Crippen LogP contribution in [0.5, 0.6) is 0 Å². The second-order valence-corrected chi connectivity index (χ2v) is 9.59. The van der Waals surface area contributed by atoms with Crippen LogP contribution in [0, 0.1) is 0 Å². The molecule has 0 amide bonds. The van der Waals surface area contributed by atoms with Gasteiger partial charge in [-0.2, -0.15) is 0 Å². The molecule has 2 aliphatic rings. The van der Waals surface area contributed by atoms with E-state index in [1.165, 1.54) is 10.5 Å². The number of rotatable bonds is 5. The SMILES string of the molecule is C=C(c1cccc(N[C@H]2CNC[C@@H]2F)n1)n1cc(N2CCCCS2(=O)=O)ncc1=NC. The minimum atomic E-state index is -3.40. The van der Waals surface area contributed by atoms with Crippen molar-refractivity contribution in [1.29, 1.82) is 0 Å². The van der Waals surface area contributed by atoms with Crippen molar-refractivity contribution in [3.63, 3.8) is 0 Å². The predicted octanol–water partition coefficient (Wildman–Crippen LogP) is 0.979. The Labute approximate surface area is 180 Å². The fraction of sp³-hybridized carbons (Fsp3) is 0.450. The standard InChI is InChI=1S/C20H26FN7O2S/c1-14(16-6-5-7-18(25-16)26-17-11-23-10-15(17)21)27-13-20(24-12-19(27)22-2)28-8-3-4-9-31(28,29)30/h5-7,12-13,15,17,23H,1,3-4,8-11H2,2H3,(H,25,26)/t15-,17-/m0/s1. The summed E-state index contributed by atoms with van der Waals surface area (Å²) in [4.78, 5) is 13.1. The first kappa shape index (κ1) is 21.4. The number of nitrogens with one attached hydrogen (secondary N) is 2. The highest BCUT2D eigenvalue weighted by atomic mass is 32.2. The Morgan fingerprint density at radius 1 is 1.35 bits per heavy atom. The fourth-order valence-corrected chi connectivity index (χ4v) is 5.31. The maximum absolute atomic E-state index is 13.9. The van der Waals surface area contributed by atoms with Gasteiger partial charge in [-0.15, -0.1) is 0 Å².